The molecule has 6 nitrogen and oxygen atoms in total. The van der Waals surface area contributed by atoms with E-state index >= 15 is 0 Å². The minimum atomic E-state index is -0.917. The minimum Gasteiger partial charge on any atom is -0.481 e. The molecule has 144 valence electrons. The van der Waals surface area contributed by atoms with Gasteiger partial charge in [-0.2, -0.15) is 0 Å². The molecule has 2 aliphatic carbocycles. The van der Waals surface area contributed by atoms with Crippen LogP contribution >= 0.6 is 11.3 Å². The van der Waals surface area contributed by atoms with Crippen LogP contribution in [0, 0.1) is 30.6 Å². The number of carboxylic acid groups (broad SMARTS) is 1. The summed E-state index contributed by atoms with van der Waals surface area (Å²) >= 11 is 1.37. The fourth-order valence-corrected chi connectivity index (χ4v) is 4.83. The van der Waals surface area contributed by atoms with E-state index in [1.807, 2.05) is 30.5 Å². The van der Waals surface area contributed by atoms with Crippen LogP contribution in [0.2, 0.25) is 0 Å². The number of benzene rings is 1. The van der Waals surface area contributed by atoms with Gasteiger partial charge in [0.25, 0.3) is 5.91 Å². The van der Waals surface area contributed by atoms with Crippen LogP contribution < -0.4 is 10.6 Å². The minimum absolute atomic E-state index is 0.0171. The molecule has 1 heterocycles. The Hall–Kier alpha value is -2.93. The zero-order chi connectivity index (χ0) is 19.8. The lowest BCUT2D eigenvalue weighted by Gasteiger charge is -2.24. The molecular weight excluding hydrogens is 376 g/mol. The van der Waals surface area contributed by atoms with Gasteiger partial charge < -0.3 is 15.7 Å². The quantitative estimate of drug-likeness (QED) is 0.671. The fourth-order valence-electron chi connectivity index (χ4n) is 4.22. The second-order valence-corrected chi connectivity index (χ2v) is 8.24. The molecule has 1 fully saturated rings. The van der Waals surface area contributed by atoms with Gasteiger partial charge in [0.2, 0.25) is 5.91 Å². The number of allylic oxidation sites excluding steroid dienone is 2. The van der Waals surface area contributed by atoms with Gasteiger partial charge in [-0.05, 0) is 60.4 Å². The third-order valence-electron chi connectivity index (χ3n) is 5.53. The summed E-state index contributed by atoms with van der Waals surface area (Å²) in [6.07, 6.45) is 4.60. The number of aliphatic carboxylic acids is 1. The van der Waals surface area contributed by atoms with Crippen molar-refractivity contribution in [3.8, 4) is 0 Å². The Morgan fingerprint density at radius 2 is 1.82 bits per heavy atom. The van der Waals surface area contributed by atoms with Gasteiger partial charge in [-0.1, -0.05) is 18.2 Å². The Kier molecular flexibility index (Phi) is 4.77. The zero-order valence-corrected chi connectivity index (χ0v) is 16.0. The molecule has 4 rings (SSSR count). The van der Waals surface area contributed by atoms with E-state index in [4.69, 9.17) is 0 Å². The van der Waals surface area contributed by atoms with E-state index in [-0.39, 0.29) is 23.7 Å². The summed E-state index contributed by atoms with van der Waals surface area (Å²) in [5.41, 5.74) is 2.07. The second kappa shape index (κ2) is 7.24. The highest BCUT2D eigenvalue weighted by molar-refractivity contribution is 7.12. The van der Waals surface area contributed by atoms with Crippen LogP contribution in [0.4, 0.5) is 11.4 Å². The van der Waals surface area contributed by atoms with E-state index in [0.717, 1.165) is 12.0 Å². The summed E-state index contributed by atoms with van der Waals surface area (Å²) in [6.45, 7) is 1.85. The monoisotopic (exact) mass is 396 g/mol. The first-order valence-electron chi connectivity index (χ1n) is 9.11. The Morgan fingerprint density at radius 3 is 2.46 bits per heavy atom. The number of carboxylic acids is 1. The lowest BCUT2D eigenvalue weighted by Crippen LogP contribution is -2.36. The van der Waals surface area contributed by atoms with E-state index in [9.17, 15) is 19.5 Å². The highest BCUT2D eigenvalue weighted by Crippen LogP contribution is 2.48. The standard InChI is InChI=1S/C21H20N2O4S/c1-11-9-14(6-7-15(11)23-19(24)16-3-2-8-28-16)22-20(25)17-12-4-5-13(10-12)18(17)21(26)27/h2-9,12-13,17-18H,10H2,1H3,(H,22,25)(H,23,24)(H,26,27). The van der Waals surface area contributed by atoms with Gasteiger partial charge in [-0.15, -0.1) is 11.3 Å². The van der Waals surface area contributed by atoms with E-state index in [1.165, 1.54) is 11.3 Å². The maximum absolute atomic E-state index is 12.8. The van der Waals surface area contributed by atoms with Crippen LogP contribution in [-0.2, 0) is 9.59 Å². The molecule has 2 aromatic rings. The van der Waals surface area contributed by atoms with Crippen LogP contribution in [-0.4, -0.2) is 22.9 Å². The van der Waals surface area contributed by atoms with Gasteiger partial charge in [0.1, 0.15) is 0 Å². The Morgan fingerprint density at radius 1 is 1.07 bits per heavy atom. The molecule has 3 N–H and O–H groups in total. The lowest BCUT2D eigenvalue weighted by atomic mass is 9.82. The van der Waals surface area contributed by atoms with Crippen LogP contribution in [0.25, 0.3) is 0 Å². The molecule has 7 heteroatoms. The van der Waals surface area contributed by atoms with Crippen molar-refractivity contribution in [1.82, 2.24) is 0 Å². The van der Waals surface area contributed by atoms with Crippen molar-refractivity contribution < 1.29 is 19.5 Å². The molecular formula is C21H20N2O4S. The van der Waals surface area contributed by atoms with Gasteiger partial charge in [0, 0.05) is 11.4 Å². The summed E-state index contributed by atoms with van der Waals surface area (Å²) in [5, 5.41) is 17.1. The van der Waals surface area contributed by atoms with Crippen molar-refractivity contribution in [3.63, 3.8) is 0 Å². The van der Waals surface area contributed by atoms with Crippen molar-refractivity contribution in [2.24, 2.45) is 23.7 Å². The molecule has 4 atom stereocenters. The highest BCUT2D eigenvalue weighted by Gasteiger charge is 2.51. The largest absolute Gasteiger partial charge is 0.481 e. The Bertz CT molecular complexity index is 967. The molecule has 2 amide bonds. The molecule has 4 unspecified atom stereocenters. The maximum atomic E-state index is 12.8. The van der Waals surface area contributed by atoms with Crippen LogP contribution in [0.5, 0.6) is 0 Å². The number of hydrogen-bond donors (Lipinski definition) is 3. The number of carbonyl (C=O) groups excluding carboxylic acids is 2. The number of rotatable bonds is 5. The number of amides is 2. The number of carbonyl (C=O) groups is 3. The normalized spacial score (nSPS) is 24.9. The van der Waals surface area contributed by atoms with Gasteiger partial charge >= 0.3 is 5.97 Å². The molecule has 0 radical (unpaired) electrons. The lowest BCUT2D eigenvalue weighted by molar-refractivity contribution is -0.146. The first kappa shape index (κ1) is 18.4. The predicted octanol–water partition coefficient (Wildman–Crippen LogP) is 3.77. The molecule has 0 aliphatic heterocycles. The number of hydrogen-bond acceptors (Lipinski definition) is 4. The average molecular weight is 396 g/mol. The van der Waals surface area contributed by atoms with E-state index in [1.54, 1.807) is 24.3 Å². The van der Waals surface area contributed by atoms with Crippen molar-refractivity contribution >= 4 is 40.5 Å². The molecule has 0 spiro atoms. The molecule has 2 bridgehead atoms. The SMILES string of the molecule is Cc1cc(NC(=O)C2C3C=CC(C3)C2C(=O)O)ccc1NC(=O)c1cccs1. The number of nitrogens with one attached hydrogen (secondary N) is 2. The van der Waals surface area contributed by atoms with Crippen molar-refractivity contribution in [2.75, 3.05) is 10.6 Å². The molecule has 28 heavy (non-hydrogen) atoms. The van der Waals surface area contributed by atoms with Gasteiger partial charge in [-0.3, -0.25) is 14.4 Å². The topological polar surface area (TPSA) is 95.5 Å². The van der Waals surface area contributed by atoms with Gasteiger partial charge in [0.05, 0.1) is 16.7 Å². The molecule has 2 aliphatic rings. The van der Waals surface area contributed by atoms with E-state index in [2.05, 4.69) is 10.6 Å². The molecule has 1 aromatic heterocycles. The van der Waals surface area contributed by atoms with Gasteiger partial charge in [0.15, 0.2) is 0 Å². The molecule has 0 saturated heterocycles. The zero-order valence-electron chi connectivity index (χ0n) is 15.2. The third kappa shape index (κ3) is 3.33. The highest BCUT2D eigenvalue weighted by atomic mass is 32.1. The fraction of sp³-hybridized carbons (Fsp3) is 0.286. The third-order valence-corrected chi connectivity index (χ3v) is 6.40. The number of fused-ring (bicyclic) bond motifs is 2. The average Bonchev–Trinajstić information content (AvgIpc) is 3.40. The number of anilines is 2. The summed E-state index contributed by atoms with van der Waals surface area (Å²) in [5.74, 6) is -2.65. The van der Waals surface area contributed by atoms with E-state index < -0.39 is 17.8 Å². The first-order chi connectivity index (χ1) is 13.4. The molecule has 1 saturated carbocycles. The summed E-state index contributed by atoms with van der Waals surface area (Å²) in [4.78, 5) is 37.2. The number of aryl methyl sites for hydroxylation is 1. The number of thiophene rings is 1. The first-order valence-corrected chi connectivity index (χ1v) is 9.99. The van der Waals surface area contributed by atoms with Gasteiger partial charge in [-0.25, -0.2) is 0 Å². The van der Waals surface area contributed by atoms with Crippen molar-refractivity contribution in [1.29, 1.82) is 0 Å². The summed E-state index contributed by atoms with van der Waals surface area (Å²) in [6, 6.07) is 8.81. The second-order valence-electron chi connectivity index (χ2n) is 7.29. The van der Waals surface area contributed by atoms with Crippen molar-refractivity contribution in [2.45, 2.75) is 13.3 Å². The Labute approximate surface area is 166 Å². The summed E-state index contributed by atoms with van der Waals surface area (Å²) < 4.78 is 0. The van der Waals surface area contributed by atoms with Crippen LogP contribution in [0.1, 0.15) is 21.7 Å². The van der Waals surface area contributed by atoms with Crippen LogP contribution in [0.3, 0.4) is 0 Å². The summed E-state index contributed by atoms with van der Waals surface area (Å²) in [7, 11) is 0. The molecule has 1 aromatic carbocycles. The maximum Gasteiger partial charge on any atom is 0.307 e. The predicted molar refractivity (Wildman–Crippen MR) is 107 cm³/mol. The van der Waals surface area contributed by atoms with Crippen molar-refractivity contribution in [3.05, 3.63) is 58.3 Å². The van der Waals surface area contributed by atoms with E-state index in [0.29, 0.717) is 16.3 Å². The smallest absolute Gasteiger partial charge is 0.307 e. The van der Waals surface area contributed by atoms with Crippen LogP contribution in [0.15, 0.2) is 47.9 Å². The Balaban J connectivity index is 1.46.